The van der Waals surface area contributed by atoms with E-state index in [4.69, 9.17) is 10.5 Å². The van der Waals surface area contributed by atoms with Crippen LogP contribution in [-0.2, 0) is 6.54 Å². The molecule has 0 aliphatic carbocycles. The van der Waals surface area contributed by atoms with Crippen molar-refractivity contribution in [2.75, 3.05) is 13.7 Å². The second-order valence-electron chi connectivity index (χ2n) is 8.03. The lowest BCUT2D eigenvalue weighted by Gasteiger charge is -2.26. The molecule has 27 heavy (non-hydrogen) atoms. The van der Waals surface area contributed by atoms with Crippen molar-refractivity contribution in [1.29, 1.82) is 0 Å². The zero-order chi connectivity index (χ0) is 19.8. The van der Waals surface area contributed by atoms with Gasteiger partial charge in [-0.1, -0.05) is 19.9 Å². The lowest BCUT2D eigenvalue weighted by atomic mass is 9.93. The molecule has 1 aliphatic rings. The van der Waals surface area contributed by atoms with Crippen LogP contribution in [0.5, 0.6) is 5.75 Å². The highest BCUT2D eigenvalue weighted by atomic mass is 19.1. The van der Waals surface area contributed by atoms with Crippen molar-refractivity contribution < 1.29 is 13.9 Å². The maximum atomic E-state index is 14.6. The molecule has 0 saturated heterocycles. The zero-order valence-electron chi connectivity index (χ0n) is 16.3. The molecule has 5 nitrogen and oxygen atoms in total. The lowest BCUT2D eigenvalue weighted by Crippen LogP contribution is -2.43. The monoisotopic (exact) mass is 371 g/mol. The minimum Gasteiger partial charge on any atom is -0.489 e. The number of nitrogens with zero attached hydrogens (tertiary/aromatic N) is 2. The summed E-state index contributed by atoms with van der Waals surface area (Å²) in [7, 11) is 1.73. The fourth-order valence-electron chi connectivity index (χ4n) is 3.61. The standard InChI is InChI=1S/C21H26FN3O2/c1-13(2)10-21(3,23)12-27-18-6-5-14(9-16(18)22)15-7-8-24-17-11-25(4)20(26)19(15)17/h5-9,13H,10-12,23H2,1-4H3/t21-/m0/s1. The summed E-state index contributed by atoms with van der Waals surface area (Å²) in [4.78, 5) is 18.3. The number of hydrogen-bond donors (Lipinski definition) is 1. The number of fused-ring (bicyclic) bond motifs is 1. The van der Waals surface area contributed by atoms with Gasteiger partial charge in [-0.2, -0.15) is 0 Å². The molecule has 144 valence electrons. The molecule has 1 amide bonds. The minimum absolute atomic E-state index is 0.0959. The summed E-state index contributed by atoms with van der Waals surface area (Å²) in [6.45, 7) is 6.78. The quantitative estimate of drug-likeness (QED) is 0.842. The van der Waals surface area contributed by atoms with Crippen molar-refractivity contribution in [3.05, 3.63) is 47.5 Å². The molecule has 0 unspecified atom stereocenters. The average Bonchev–Trinajstić information content (AvgIpc) is 2.87. The number of carbonyl (C=O) groups excluding carboxylic acids is 1. The third-order valence-corrected chi connectivity index (χ3v) is 4.65. The number of pyridine rings is 1. The third kappa shape index (κ3) is 4.11. The predicted octanol–water partition coefficient (Wildman–Crippen LogP) is 3.62. The van der Waals surface area contributed by atoms with Gasteiger partial charge in [0, 0.05) is 18.8 Å². The van der Waals surface area contributed by atoms with Crippen LogP contribution in [0.3, 0.4) is 0 Å². The Morgan fingerprint density at radius 3 is 2.78 bits per heavy atom. The van der Waals surface area contributed by atoms with E-state index in [9.17, 15) is 9.18 Å². The van der Waals surface area contributed by atoms with Crippen molar-refractivity contribution in [2.24, 2.45) is 11.7 Å². The Bertz CT molecular complexity index is 865. The van der Waals surface area contributed by atoms with E-state index in [1.165, 1.54) is 6.07 Å². The number of halogens is 1. The van der Waals surface area contributed by atoms with Gasteiger partial charge in [-0.25, -0.2) is 4.39 Å². The van der Waals surface area contributed by atoms with Gasteiger partial charge in [0.05, 0.1) is 17.8 Å². The van der Waals surface area contributed by atoms with Crippen LogP contribution in [0.25, 0.3) is 11.1 Å². The van der Waals surface area contributed by atoms with Gasteiger partial charge < -0.3 is 15.4 Å². The summed E-state index contributed by atoms with van der Waals surface area (Å²) in [5, 5.41) is 0. The van der Waals surface area contributed by atoms with Gasteiger partial charge in [0.15, 0.2) is 11.6 Å². The van der Waals surface area contributed by atoms with E-state index in [1.807, 2.05) is 6.92 Å². The summed E-state index contributed by atoms with van der Waals surface area (Å²) in [6, 6.07) is 6.49. The molecule has 0 bridgehead atoms. The van der Waals surface area contributed by atoms with Gasteiger partial charge in [-0.15, -0.1) is 0 Å². The summed E-state index contributed by atoms with van der Waals surface area (Å²) in [5.41, 5.74) is 8.27. The second kappa shape index (κ2) is 7.27. The highest BCUT2D eigenvalue weighted by molar-refractivity contribution is 6.03. The largest absolute Gasteiger partial charge is 0.489 e. The van der Waals surface area contributed by atoms with Gasteiger partial charge in [-0.3, -0.25) is 9.78 Å². The van der Waals surface area contributed by atoms with Gasteiger partial charge in [0.1, 0.15) is 6.61 Å². The molecule has 0 fully saturated rings. The molecular weight excluding hydrogens is 345 g/mol. The first-order chi connectivity index (χ1) is 12.7. The Morgan fingerprint density at radius 1 is 1.37 bits per heavy atom. The maximum absolute atomic E-state index is 14.6. The van der Waals surface area contributed by atoms with Crippen LogP contribution in [0.15, 0.2) is 30.5 Å². The maximum Gasteiger partial charge on any atom is 0.256 e. The van der Waals surface area contributed by atoms with Crippen LogP contribution in [0, 0.1) is 11.7 Å². The molecule has 1 aromatic heterocycles. The van der Waals surface area contributed by atoms with E-state index >= 15 is 0 Å². The Kier molecular flexibility index (Phi) is 5.20. The Hall–Kier alpha value is -2.47. The Balaban J connectivity index is 1.83. The van der Waals surface area contributed by atoms with Crippen LogP contribution < -0.4 is 10.5 Å². The van der Waals surface area contributed by atoms with Crippen molar-refractivity contribution >= 4 is 5.91 Å². The highest BCUT2D eigenvalue weighted by Gasteiger charge is 2.29. The van der Waals surface area contributed by atoms with Crippen LogP contribution in [0.4, 0.5) is 4.39 Å². The van der Waals surface area contributed by atoms with E-state index < -0.39 is 11.4 Å². The van der Waals surface area contributed by atoms with Crippen molar-refractivity contribution in [3.63, 3.8) is 0 Å². The van der Waals surface area contributed by atoms with Crippen molar-refractivity contribution in [3.8, 4) is 16.9 Å². The summed E-state index contributed by atoms with van der Waals surface area (Å²) in [5.74, 6) is 0.0206. The molecule has 0 spiro atoms. The molecule has 3 rings (SSSR count). The minimum atomic E-state index is -0.526. The molecule has 0 radical (unpaired) electrons. The molecule has 2 aromatic rings. The third-order valence-electron chi connectivity index (χ3n) is 4.65. The first-order valence-electron chi connectivity index (χ1n) is 9.13. The smallest absolute Gasteiger partial charge is 0.256 e. The Labute approximate surface area is 159 Å². The average molecular weight is 371 g/mol. The molecule has 2 N–H and O–H groups in total. The molecule has 1 atom stereocenters. The molecule has 2 heterocycles. The SMILES string of the molecule is CC(C)C[C@](C)(N)COc1ccc(-c2ccnc3c2C(=O)N(C)C3)cc1F. The number of amides is 1. The first-order valence-corrected chi connectivity index (χ1v) is 9.13. The van der Waals surface area contributed by atoms with E-state index in [0.29, 0.717) is 34.8 Å². The normalized spacial score (nSPS) is 15.8. The van der Waals surface area contributed by atoms with Crippen LogP contribution >= 0.6 is 0 Å². The second-order valence-corrected chi connectivity index (χ2v) is 8.03. The van der Waals surface area contributed by atoms with Crippen LogP contribution in [0.1, 0.15) is 43.2 Å². The molecule has 1 aromatic carbocycles. The van der Waals surface area contributed by atoms with Crippen molar-refractivity contribution in [2.45, 2.75) is 39.3 Å². The van der Waals surface area contributed by atoms with Crippen LogP contribution in [-0.4, -0.2) is 35.0 Å². The summed E-state index contributed by atoms with van der Waals surface area (Å²) < 4.78 is 20.3. The Morgan fingerprint density at radius 2 is 2.11 bits per heavy atom. The zero-order valence-corrected chi connectivity index (χ0v) is 16.3. The number of rotatable bonds is 6. The fourth-order valence-corrected chi connectivity index (χ4v) is 3.61. The van der Waals surface area contributed by atoms with Crippen molar-refractivity contribution in [1.82, 2.24) is 9.88 Å². The number of aromatic nitrogens is 1. The number of nitrogens with two attached hydrogens (primary N) is 1. The lowest BCUT2D eigenvalue weighted by molar-refractivity contribution is 0.0817. The molecular formula is C21H26FN3O2. The summed E-state index contributed by atoms with van der Waals surface area (Å²) in [6.07, 6.45) is 2.43. The van der Waals surface area contributed by atoms with E-state index in [0.717, 1.165) is 6.42 Å². The van der Waals surface area contributed by atoms with Gasteiger partial charge in [0.25, 0.3) is 5.91 Å². The van der Waals surface area contributed by atoms with Gasteiger partial charge >= 0.3 is 0 Å². The van der Waals surface area contributed by atoms with Gasteiger partial charge in [-0.05, 0) is 48.6 Å². The number of hydrogen-bond acceptors (Lipinski definition) is 4. The highest BCUT2D eigenvalue weighted by Crippen LogP contribution is 2.33. The predicted molar refractivity (Wildman–Crippen MR) is 103 cm³/mol. The number of benzene rings is 1. The number of carbonyl (C=O) groups is 1. The number of ether oxygens (including phenoxy) is 1. The molecule has 0 saturated carbocycles. The molecule has 6 heteroatoms. The van der Waals surface area contributed by atoms with E-state index in [1.54, 1.807) is 36.3 Å². The molecule has 1 aliphatic heterocycles. The van der Waals surface area contributed by atoms with Gasteiger partial charge in [0.2, 0.25) is 0 Å². The summed E-state index contributed by atoms with van der Waals surface area (Å²) >= 11 is 0. The van der Waals surface area contributed by atoms with E-state index in [2.05, 4.69) is 18.8 Å². The first kappa shape index (κ1) is 19.3. The van der Waals surface area contributed by atoms with Crippen LogP contribution in [0.2, 0.25) is 0 Å². The fraction of sp³-hybridized carbons (Fsp3) is 0.429. The topological polar surface area (TPSA) is 68.5 Å². The van der Waals surface area contributed by atoms with E-state index in [-0.39, 0.29) is 18.3 Å².